The summed E-state index contributed by atoms with van der Waals surface area (Å²) in [6.45, 7) is 2.84. The smallest absolute Gasteiger partial charge is 0.254 e. The Morgan fingerprint density at radius 2 is 1.97 bits per heavy atom. The van der Waals surface area contributed by atoms with Gasteiger partial charge in [-0.1, -0.05) is 6.07 Å². The van der Waals surface area contributed by atoms with E-state index in [1.807, 2.05) is 0 Å². The third-order valence-corrected chi connectivity index (χ3v) is 5.58. The first-order valence-corrected chi connectivity index (χ1v) is 10.2. The number of carbonyl (C=O) groups is 1. The molecule has 2 heterocycles. The molecule has 1 aromatic heterocycles. The van der Waals surface area contributed by atoms with Crippen LogP contribution in [0.4, 0.5) is 10.2 Å². The maximum Gasteiger partial charge on any atom is 0.254 e. The molecule has 0 bridgehead atoms. The molecule has 1 aliphatic rings. The Hall–Kier alpha value is -4.06. The number of benzene rings is 2. The highest BCUT2D eigenvalue weighted by molar-refractivity contribution is 6.03. The van der Waals surface area contributed by atoms with E-state index in [2.05, 4.69) is 11.3 Å². The molecule has 1 fully saturated rings. The first-order chi connectivity index (χ1) is 15.4. The lowest BCUT2D eigenvalue weighted by Crippen LogP contribution is -2.34. The maximum absolute atomic E-state index is 13.8. The number of likely N-dealkylation sites (tertiary alicyclic amines) is 1. The molecule has 0 radical (unpaired) electrons. The Morgan fingerprint density at radius 3 is 2.62 bits per heavy atom. The number of ether oxygens (including phenoxy) is 1. The van der Waals surface area contributed by atoms with Crippen molar-refractivity contribution in [2.75, 3.05) is 18.8 Å². The second-order valence-corrected chi connectivity index (χ2v) is 7.80. The number of rotatable bonds is 5. The molecule has 4 N–H and O–H groups in total. The third kappa shape index (κ3) is 4.07. The largest absolute Gasteiger partial charge is 0.457 e. The second kappa shape index (κ2) is 8.59. The number of nitriles is 1. The van der Waals surface area contributed by atoms with Gasteiger partial charge in [0.2, 0.25) is 0 Å². The standard InChI is InChI=1S/C23H23FN6O2/c1-14-4-7-18(11-19(14)24)32-17-8-5-15(6-9-17)21-20(23(27)31)22(26)30(28-21)16-3-2-10-29(12-16)13-25/h4-9,11,16H,2-3,10,12,26H2,1H3,(H2,27,31)/t16-/m1/s1. The molecular weight excluding hydrogens is 411 g/mol. The molecule has 164 valence electrons. The van der Waals surface area contributed by atoms with Gasteiger partial charge in [-0.2, -0.15) is 10.4 Å². The van der Waals surface area contributed by atoms with Crippen molar-refractivity contribution < 1.29 is 13.9 Å². The van der Waals surface area contributed by atoms with Crippen LogP contribution < -0.4 is 16.2 Å². The monoisotopic (exact) mass is 434 g/mol. The van der Waals surface area contributed by atoms with Crippen molar-refractivity contribution >= 4 is 11.7 Å². The van der Waals surface area contributed by atoms with Crippen molar-refractivity contribution in [3.8, 4) is 28.9 Å². The van der Waals surface area contributed by atoms with Crippen LogP contribution in [-0.2, 0) is 0 Å². The summed E-state index contributed by atoms with van der Waals surface area (Å²) in [4.78, 5) is 13.8. The fourth-order valence-corrected chi connectivity index (χ4v) is 3.87. The maximum atomic E-state index is 13.8. The molecule has 1 aliphatic heterocycles. The molecule has 0 unspecified atom stereocenters. The molecule has 1 amide bonds. The van der Waals surface area contributed by atoms with Crippen LogP contribution in [0.1, 0.15) is 34.8 Å². The molecule has 3 aromatic rings. The van der Waals surface area contributed by atoms with Crippen molar-refractivity contribution in [1.82, 2.24) is 14.7 Å². The molecular formula is C23H23FN6O2. The van der Waals surface area contributed by atoms with Gasteiger partial charge < -0.3 is 21.1 Å². The van der Waals surface area contributed by atoms with Gasteiger partial charge in [0.15, 0.2) is 6.19 Å². The van der Waals surface area contributed by atoms with Crippen molar-refractivity contribution in [3.63, 3.8) is 0 Å². The zero-order valence-corrected chi connectivity index (χ0v) is 17.6. The van der Waals surface area contributed by atoms with Crippen LogP contribution in [0.2, 0.25) is 0 Å². The fraction of sp³-hybridized carbons (Fsp3) is 0.261. The van der Waals surface area contributed by atoms with Crippen molar-refractivity contribution in [2.45, 2.75) is 25.8 Å². The van der Waals surface area contributed by atoms with E-state index in [4.69, 9.17) is 16.2 Å². The van der Waals surface area contributed by atoms with Crippen LogP contribution in [0, 0.1) is 24.2 Å². The minimum Gasteiger partial charge on any atom is -0.457 e. The van der Waals surface area contributed by atoms with Crippen molar-refractivity contribution in [2.24, 2.45) is 5.73 Å². The Labute approximate surface area is 184 Å². The van der Waals surface area contributed by atoms with Gasteiger partial charge in [0, 0.05) is 18.2 Å². The van der Waals surface area contributed by atoms with E-state index in [1.165, 1.54) is 6.07 Å². The van der Waals surface area contributed by atoms with Gasteiger partial charge in [0.05, 0.1) is 12.6 Å². The number of piperidine rings is 1. The lowest BCUT2D eigenvalue weighted by Gasteiger charge is -2.29. The predicted molar refractivity (Wildman–Crippen MR) is 117 cm³/mol. The Kier molecular flexibility index (Phi) is 5.69. The van der Waals surface area contributed by atoms with Crippen molar-refractivity contribution in [1.29, 1.82) is 5.26 Å². The van der Waals surface area contributed by atoms with Crippen LogP contribution in [0.3, 0.4) is 0 Å². The van der Waals surface area contributed by atoms with E-state index < -0.39 is 5.91 Å². The number of aromatic nitrogens is 2. The van der Waals surface area contributed by atoms with Gasteiger partial charge in [-0.05, 0) is 55.7 Å². The van der Waals surface area contributed by atoms with Gasteiger partial charge >= 0.3 is 0 Å². The van der Waals surface area contributed by atoms with E-state index >= 15 is 0 Å². The van der Waals surface area contributed by atoms with Gasteiger partial charge in [-0.3, -0.25) is 4.79 Å². The summed E-state index contributed by atoms with van der Waals surface area (Å²) in [5.41, 5.74) is 13.6. The average molecular weight is 434 g/mol. The van der Waals surface area contributed by atoms with Crippen molar-refractivity contribution in [3.05, 3.63) is 59.4 Å². The lowest BCUT2D eigenvalue weighted by molar-refractivity contribution is 0.100. The fourth-order valence-electron chi connectivity index (χ4n) is 3.87. The van der Waals surface area contributed by atoms with E-state index in [-0.39, 0.29) is 23.2 Å². The first-order valence-electron chi connectivity index (χ1n) is 10.2. The molecule has 0 spiro atoms. The minimum atomic E-state index is -0.674. The van der Waals surface area contributed by atoms with E-state index in [1.54, 1.807) is 52.9 Å². The topological polar surface area (TPSA) is 123 Å². The highest BCUT2D eigenvalue weighted by Crippen LogP contribution is 2.33. The number of amides is 1. The summed E-state index contributed by atoms with van der Waals surface area (Å²) in [6.07, 6.45) is 3.77. The van der Waals surface area contributed by atoms with Crippen LogP contribution in [0.25, 0.3) is 11.3 Å². The number of anilines is 1. The minimum absolute atomic E-state index is 0.130. The average Bonchev–Trinajstić information content (AvgIpc) is 3.14. The van der Waals surface area contributed by atoms with Crippen LogP contribution in [-0.4, -0.2) is 33.7 Å². The number of carbonyl (C=O) groups excluding carboxylic acids is 1. The number of nitrogen functional groups attached to an aromatic ring is 1. The van der Waals surface area contributed by atoms with Gasteiger partial charge in [-0.25, -0.2) is 9.07 Å². The van der Waals surface area contributed by atoms with E-state index in [9.17, 15) is 14.4 Å². The van der Waals surface area contributed by atoms with Crippen LogP contribution >= 0.6 is 0 Å². The third-order valence-electron chi connectivity index (χ3n) is 5.58. The van der Waals surface area contributed by atoms with E-state index in [0.29, 0.717) is 41.4 Å². The number of nitrogens with zero attached hydrogens (tertiary/aromatic N) is 4. The molecule has 1 saturated heterocycles. The highest BCUT2D eigenvalue weighted by Gasteiger charge is 2.28. The number of primary amides is 1. The van der Waals surface area contributed by atoms with Crippen LogP contribution in [0.5, 0.6) is 11.5 Å². The molecule has 32 heavy (non-hydrogen) atoms. The summed E-state index contributed by atoms with van der Waals surface area (Å²) in [7, 11) is 0. The zero-order chi connectivity index (χ0) is 22.8. The van der Waals surface area contributed by atoms with Crippen LogP contribution in [0.15, 0.2) is 42.5 Å². The van der Waals surface area contributed by atoms with Gasteiger partial charge in [0.25, 0.3) is 5.91 Å². The predicted octanol–water partition coefficient (Wildman–Crippen LogP) is 3.59. The number of halogens is 1. The highest BCUT2D eigenvalue weighted by atomic mass is 19.1. The number of hydrogen-bond donors (Lipinski definition) is 2. The number of hydrogen-bond acceptors (Lipinski definition) is 6. The quantitative estimate of drug-likeness (QED) is 0.592. The SMILES string of the molecule is Cc1ccc(Oc2ccc(-c3nn([C@@H]4CCCN(C#N)C4)c(N)c3C(N)=O)cc2)cc1F. The molecule has 0 aliphatic carbocycles. The van der Waals surface area contributed by atoms with Gasteiger partial charge in [-0.15, -0.1) is 0 Å². The summed E-state index contributed by atoms with van der Waals surface area (Å²) in [6, 6.07) is 11.4. The summed E-state index contributed by atoms with van der Waals surface area (Å²) in [5, 5.41) is 13.8. The molecule has 4 rings (SSSR count). The molecule has 9 heteroatoms. The Bertz CT molecular complexity index is 1200. The molecule has 8 nitrogen and oxygen atoms in total. The van der Waals surface area contributed by atoms with Gasteiger partial charge in [0.1, 0.15) is 34.4 Å². The summed E-state index contributed by atoms with van der Waals surface area (Å²) < 4.78 is 21.1. The Morgan fingerprint density at radius 1 is 1.25 bits per heavy atom. The number of nitrogens with two attached hydrogens (primary N) is 2. The summed E-state index contributed by atoms with van der Waals surface area (Å²) >= 11 is 0. The molecule has 0 saturated carbocycles. The summed E-state index contributed by atoms with van der Waals surface area (Å²) in [5.74, 6) is 0.0531. The Balaban J connectivity index is 1.63. The normalized spacial score (nSPS) is 15.9. The lowest BCUT2D eigenvalue weighted by atomic mass is 10.1. The second-order valence-electron chi connectivity index (χ2n) is 7.80. The molecule has 1 atom stereocenters. The number of aryl methyl sites for hydroxylation is 1. The molecule has 2 aromatic carbocycles. The zero-order valence-electron chi connectivity index (χ0n) is 17.6. The van der Waals surface area contributed by atoms with E-state index in [0.717, 1.165) is 12.8 Å². The first kappa shape index (κ1) is 21.2.